The second-order valence-corrected chi connectivity index (χ2v) is 21.3. The minimum atomic E-state index is -2.63. The molecule has 1 aliphatic heterocycles. The molecule has 4 heterocycles. The number of aryl methyl sites for hydroxylation is 1. The summed E-state index contributed by atoms with van der Waals surface area (Å²) in [5.41, 5.74) is 3.05. The summed E-state index contributed by atoms with van der Waals surface area (Å²) < 4.78 is 16.6. The Balaban J connectivity index is 1.13. The monoisotopic (exact) mass is 769 g/mol. The Bertz CT molecular complexity index is 2300. The van der Waals surface area contributed by atoms with Crippen LogP contribution in [0.15, 0.2) is 114 Å². The van der Waals surface area contributed by atoms with Gasteiger partial charge in [0.2, 0.25) is 0 Å². The highest BCUT2D eigenvalue weighted by molar-refractivity contribution is 6.99. The van der Waals surface area contributed by atoms with Crippen LogP contribution in [-0.4, -0.2) is 63.7 Å². The smallest absolute Gasteiger partial charge is 0.410 e. The van der Waals surface area contributed by atoms with E-state index in [9.17, 15) is 9.59 Å². The summed E-state index contributed by atoms with van der Waals surface area (Å²) >= 11 is 0. The highest BCUT2D eigenvalue weighted by Crippen LogP contribution is 2.37. The number of likely N-dealkylation sites (tertiary alicyclic amines) is 1. The maximum absolute atomic E-state index is 14.4. The molecule has 3 aromatic carbocycles. The van der Waals surface area contributed by atoms with Crippen molar-refractivity contribution in [2.24, 2.45) is 0 Å². The van der Waals surface area contributed by atoms with Crippen molar-refractivity contribution < 1.29 is 14.0 Å². The second kappa shape index (κ2) is 16.2. The van der Waals surface area contributed by atoms with Gasteiger partial charge in [-0.1, -0.05) is 106 Å². The SMILES string of the molecule is CC(C)(C)OC(=O)N1CCC(n2c(=O)n(Cc3ncc4ccccc4c3CCCCO[Si](c3ccccc3)(c3ccccc3)C(C)(C)C)c3cnccc32)CC1. The number of carbonyl (C=O) groups is 1. The number of carbonyl (C=O) groups excluding carboxylic acids is 1. The van der Waals surface area contributed by atoms with Crippen LogP contribution in [0, 0.1) is 0 Å². The third-order valence-electron chi connectivity index (χ3n) is 11.1. The van der Waals surface area contributed by atoms with Crippen molar-refractivity contribution in [1.29, 1.82) is 0 Å². The van der Waals surface area contributed by atoms with E-state index < -0.39 is 13.9 Å². The number of fused-ring (bicyclic) bond motifs is 2. The number of hydrogen-bond donors (Lipinski definition) is 0. The summed E-state index contributed by atoms with van der Waals surface area (Å²) in [6, 6.07) is 31.9. The van der Waals surface area contributed by atoms with E-state index in [2.05, 4.69) is 105 Å². The van der Waals surface area contributed by atoms with E-state index in [1.165, 1.54) is 10.4 Å². The molecule has 0 spiro atoms. The fourth-order valence-corrected chi connectivity index (χ4v) is 13.1. The average molecular weight is 770 g/mol. The molecule has 0 saturated carbocycles. The van der Waals surface area contributed by atoms with Gasteiger partial charge in [-0.05, 0) is 85.3 Å². The molecule has 0 unspecified atom stereocenters. The Morgan fingerprint density at radius 3 is 2.09 bits per heavy atom. The van der Waals surface area contributed by atoms with Crippen molar-refractivity contribution in [2.45, 2.75) is 96.9 Å². The number of amides is 1. The molecular weight excluding hydrogens is 715 g/mol. The van der Waals surface area contributed by atoms with Crippen molar-refractivity contribution in [1.82, 2.24) is 24.0 Å². The zero-order valence-corrected chi connectivity index (χ0v) is 34.7. The van der Waals surface area contributed by atoms with Crippen molar-refractivity contribution in [2.75, 3.05) is 19.7 Å². The molecule has 6 aromatic rings. The van der Waals surface area contributed by atoms with Gasteiger partial charge in [0.1, 0.15) is 5.60 Å². The molecule has 56 heavy (non-hydrogen) atoms. The van der Waals surface area contributed by atoms with Crippen molar-refractivity contribution in [3.63, 3.8) is 0 Å². The van der Waals surface area contributed by atoms with Crippen LogP contribution in [0.1, 0.15) is 84.5 Å². The predicted octanol–water partition coefficient (Wildman–Crippen LogP) is 8.27. The van der Waals surface area contributed by atoms with Crippen molar-refractivity contribution in [3.05, 3.63) is 131 Å². The zero-order chi connectivity index (χ0) is 39.5. The molecular formula is C46H55N5O4Si. The molecule has 7 rings (SSSR count). The summed E-state index contributed by atoms with van der Waals surface area (Å²) in [4.78, 5) is 38.4. The zero-order valence-electron chi connectivity index (χ0n) is 33.7. The van der Waals surface area contributed by atoms with Gasteiger partial charge < -0.3 is 14.1 Å². The van der Waals surface area contributed by atoms with Gasteiger partial charge in [-0.3, -0.25) is 19.1 Å². The van der Waals surface area contributed by atoms with Gasteiger partial charge in [-0.15, -0.1) is 0 Å². The third-order valence-corrected chi connectivity index (χ3v) is 16.1. The molecule has 1 amide bonds. The molecule has 9 nitrogen and oxygen atoms in total. The molecule has 1 saturated heterocycles. The lowest BCUT2D eigenvalue weighted by molar-refractivity contribution is 0.0188. The number of pyridine rings is 2. The molecule has 3 aromatic heterocycles. The average Bonchev–Trinajstić information content (AvgIpc) is 3.46. The van der Waals surface area contributed by atoms with Gasteiger partial charge in [0.05, 0.1) is 29.5 Å². The number of imidazole rings is 1. The number of nitrogens with zero attached hydrogens (tertiary/aromatic N) is 5. The van der Waals surface area contributed by atoms with Gasteiger partial charge in [-0.25, -0.2) is 9.59 Å². The van der Waals surface area contributed by atoms with Gasteiger partial charge in [0, 0.05) is 43.5 Å². The van der Waals surface area contributed by atoms with E-state index in [4.69, 9.17) is 14.1 Å². The fourth-order valence-electron chi connectivity index (χ4n) is 8.49. The van der Waals surface area contributed by atoms with Crippen LogP contribution in [0.25, 0.3) is 21.8 Å². The van der Waals surface area contributed by atoms with Crippen LogP contribution in [0.4, 0.5) is 4.79 Å². The Labute approximate surface area is 331 Å². The molecule has 0 bridgehead atoms. The van der Waals surface area contributed by atoms with Gasteiger partial charge in [0.25, 0.3) is 8.32 Å². The number of benzene rings is 3. The summed E-state index contributed by atoms with van der Waals surface area (Å²) in [7, 11) is -2.63. The van der Waals surface area contributed by atoms with E-state index in [-0.39, 0.29) is 22.9 Å². The van der Waals surface area contributed by atoms with Crippen LogP contribution < -0.4 is 16.1 Å². The largest absolute Gasteiger partial charge is 0.444 e. The lowest BCUT2D eigenvalue weighted by Crippen LogP contribution is -2.66. The number of aromatic nitrogens is 4. The maximum Gasteiger partial charge on any atom is 0.410 e. The maximum atomic E-state index is 14.4. The molecule has 1 fully saturated rings. The molecule has 0 aliphatic carbocycles. The number of rotatable bonds is 11. The van der Waals surface area contributed by atoms with Crippen molar-refractivity contribution in [3.8, 4) is 0 Å². The third kappa shape index (κ3) is 7.95. The lowest BCUT2D eigenvalue weighted by Gasteiger charge is -2.43. The molecule has 10 heteroatoms. The van der Waals surface area contributed by atoms with Crippen LogP contribution in [-0.2, 0) is 22.1 Å². The summed E-state index contributed by atoms with van der Waals surface area (Å²) in [6.45, 7) is 14.6. The molecule has 0 N–H and O–H groups in total. The fraction of sp³-hybridized carbons (Fsp3) is 0.391. The van der Waals surface area contributed by atoms with Crippen LogP contribution >= 0.6 is 0 Å². The number of hydrogen-bond acceptors (Lipinski definition) is 6. The number of ether oxygens (including phenoxy) is 1. The first kappa shape index (κ1) is 39.2. The van der Waals surface area contributed by atoms with E-state index in [0.717, 1.165) is 52.3 Å². The Hall–Kier alpha value is -5.06. The number of piperidine rings is 1. The molecule has 0 radical (unpaired) electrons. The van der Waals surface area contributed by atoms with Gasteiger partial charge in [0.15, 0.2) is 0 Å². The second-order valence-electron chi connectivity index (χ2n) is 17.0. The highest BCUT2D eigenvalue weighted by atomic mass is 28.4. The summed E-state index contributed by atoms with van der Waals surface area (Å²) in [5.74, 6) is 0. The van der Waals surface area contributed by atoms with E-state index in [1.807, 2.05) is 48.2 Å². The molecule has 0 atom stereocenters. The van der Waals surface area contributed by atoms with E-state index in [1.54, 1.807) is 17.3 Å². The normalized spacial score (nSPS) is 14.4. The number of unbranched alkanes of at least 4 members (excludes halogenated alkanes) is 1. The predicted molar refractivity (Wildman–Crippen MR) is 227 cm³/mol. The van der Waals surface area contributed by atoms with Gasteiger partial charge >= 0.3 is 11.8 Å². The minimum absolute atomic E-state index is 0.0492. The van der Waals surface area contributed by atoms with Crippen LogP contribution in [0.2, 0.25) is 5.04 Å². The first-order chi connectivity index (χ1) is 26.9. The summed E-state index contributed by atoms with van der Waals surface area (Å²) in [5, 5.41) is 4.73. The minimum Gasteiger partial charge on any atom is -0.444 e. The van der Waals surface area contributed by atoms with Gasteiger partial charge in [-0.2, -0.15) is 0 Å². The topological polar surface area (TPSA) is 91.5 Å². The first-order valence-electron chi connectivity index (χ1n) is 20.0. The van der Waals surface area contributed by atoms with E-state index in [0.29, 0.717) is 39.1 Å². The Morgan fingerprint density at radius 2 is 1.45 bits per heavy atom. The quantitative estimate of drug-likeness (QED) is 0.0974. The summed E-state index contributed by atoms with van der Waals surface area (Å²) in [6.07, 6.45) is 9.08. The van der Waals surface area contributed by atoms with E-state index >= 15 is 0 Å². The Kier molecular flexibility index (Phi) is 11.3. The Morgan fingerprint density at radius 1 is 0.804 bits per heavy atom. The standard InChI is InChI=1S/C46H55N5O4Si/c1-45(2,3)55-44(53)49-28-25-35(26-29-49)51-41-24-27-47-32-42(41)50(43(51)52)33-40-39(38-22-14-13-17-34(38)31-48-40)23-15-16-30-54-56(46(4,5)6,36-18-9-7-10-19-36)37-20-11-8-12-21-37/h7-14,17-22,24,27,31-32,35H,15-16,23,25-26,28-30,33H2,1-6H3. The molecule has 1 aliphatic rings. The molecule has 292 valence electrons. The highest BCUT2D eigenvalue weighted by Gasteiger charge is 2.50. The van der Waals surface area contributed by atoms with Crippen LogP contribution in [0.3, 0.4) is 0 Å². The van der Waals surface area contributed by atoms with Crippen molar-refractivity contribution >= 4 is 46.6 Å². The first-order valence-corrected chi connectivity index (χ1v) is 21.9. The lowest BCUT2D eigenvalue weighted by atomic mass is 9.99. The van der Waals surface area contributed by atoms with Crippen LogP contribution in [0.5, 0.6) is 0 Å².